The Labute approximate surface area is 207 Å². The van der Waals surface area contributed by atoms with Crippen molar-refractivity contribution in [3.05, 3.63) is 106 Å². The highest BCUT2D eigenvalue weighted by Crippen LogP contribution is 2.26. The van der Waals surface area contributed by atoms with E-state index in [4.69, 9.17) is 0 Å². The first-order chi connectivity index (χ1) is 17.4. The molecule has 184 valence electrons. The Balaban J connectivity index is 1.18. The fourth-order valence-electron chi connectivity index (χ4n) is 4.74. The van der Waals surface area contributed by atoms with Crippen LogP contribution in [0.2, 0.25) is 0 Å². The molecule has 1 fully saturated rings. The number of imide groups is 1. The summed E-state index contributed by atoms with van der Waals surface area (Å²) in [7, 11) is 0. The minimum atomic E-state index is -0.860. The summed E-state index contributed by atoms with van der Waals surface area (Å²) in [6, 6.07) is 17.8. The normalized spacial score (nSPS) is 16.3. The number of fused-ring (bicyclic) bond motifs is 1. The van der Waals surface area contributed by atoms with Crippen molar-refractivity contribution in [3.63, 3.8) is 0 Å². The fraction of sp³-hybridized carbons (Fsp3) is 0.250. The van der Waals surface area contributed by atoms with Gasteiger partial charge in [0, 0.05) is 31.2 Å². The maximum absolute atomic E-state index is 13.5. The summed E-state index contributed by atoms with van der Waals surface area (Å²) in [6.45, 7) is 2.10. The Morgan fingerprint density at radius 3 is 2.25 bits per heavy atom. The van der Waals surface area contributed by atoms with Gasteiger partial charge in [0.2, 0.25) is 0 Å². The minimum absolute atomic E-state index is 0.0427. The van der Waals surface area contributed by atoms with Crippen LogP contribution in [0.4, 0.5) is 8.78 Å². The van der Waals surface area contributed by atoms with Gasteiger partial charge in [0.25, 0.3) is 17.7 Å². The molecule has 0 bridgehead atoms. The van der Waals surface area contributed by atoms with Gasteiger partial charge in [-0.15, -0.1) is 0 Å². The first kappa shape index (κ1) is 23.8. The number of hydrogen-bond donors (Lipinski definition) is 1. The highest BCUT2D eigenvalue weighted by Gasteiger charge is 2.36. The molecule has 0 aromatic heterocycles. The second-order valence-electron chi connectivity index (χ2n) is 9.21. The van der Waals surface area contributed by atoms with E-state index >= 15 is 0 Å². The number of likely N-dealkylation sites (tertiary alicyclic amines) is 1. The molecular formula is C28H25F2N3O3. The zero-order chi connectivity index (χ0) is 25.2. The summed E-state index contributed by atoms with van der Waals surface area (Å²) in [4.78, 5) is 41.9. The third-order valence-electron chi connectivity index (χ3n) is 6.73. The number of halogens is 2. The molecule has 8 heteroatoms. The minimum Gasteiger partial charge on any atom is -0.349 e. The van der Waals surface area contributed by atoms with Gasteiger partial charge in [-0.1, -0.05) is 36.4 Å². The fourth-order valence-corrected chi connectivity index (χ4v) is 4.74. The number of carbonyl (C=O) groups excluding carboxylic acids is 3. The number of piperidine rings is 1. The molecule has 0 unspecified atom stereocenters. The van der Waals surface area contributed by atoms with E-state index in [0.717, 1.165) is 11.6 Å². The Morgan fingerprint density at radius 2 is 1.53 bits per heavy atom. The summed E-state index contributed by atoms with van der Waals surface area (Å²) < 4.78 is 26.6. The molecule has 36 heavy (non-hydrogen) atoms. The van der Waals surface area contributed by atoms with Gasteiger partial charge in [-0.05, 0) is 54.3 Å². The Bertz CT molecular complexity index is 1320. The number of carbonyl (C=O) groups is 3. The van der Waals surface area contributed by atoms with Gasteiger partial charge in [-0.2, -0.15) is 0 Å². The number of nitrogens with zero attached hydrogens (tertiary/aromatic N) is 2. The van der Waals surface area contributed by atoms with E-state index in [1.54, 1.807) is 18.2 Å². The van der Waals surface area contributed by atoms with Crippen LogP contribution in [-0.4, -0.2) is 46.7 Å². The topological polar surface area (TPSA) is 69.7 Å². The largest absolute Gasteiger partial charge is 0.349 e. The second-order valence-corrected chi connectivity index (χ2v) is 9.21. The second kappa shape index (κ2) is 9.99. The molecule has 2 aliphatic heterocycles. The van der Waals surface area contributed by atoms with E-state index < -0.39 is 17.5 Å². The van der Waals surface area contributed by atoms with Crippen LogP contribution in [0.1, 0.15) is 55.0 Å². The molecule has 0 aliphatic carbocycles. The molecule has 2 heterocycles. The van der Waals surface area contributed by atoms with E-state index in [1.165, 1.54) is 17.0 Å². The van der Waals surface area contributed by atoms with Gasteiger partial charge < -0.3 is 5.32 Å². The number of nitrogens with one attached hydrogen (secondary N) is 1. The molecule has 6 nitrogen and oxygen atoms in total. The molecule has 1 N–H and O–H groups in total. The van der Waals surface area contributed by atoms with Crippen molar-refractivity contribution in [1.29, 1.82) is 0 Å². The predicted octanol–water partition coefficient (Wildman–Crippen LogP) is 4.16. The van der Waals surface area contributed by atoms with Crippen LogP contribution >= 0.6 is 0 Å². The SMILES string of the molecule is O=C(NC1CCN(Cc2ccc(F)c(F)c2)CC1)c1ccc2c(c1)C(=O)N(Cc1ccccc1)C2=O. The standard InChI is InChI=1S/C28H25F2N3O3/c29-24-9-6-19(14-25(24)30)16-32-12-10-21(11-13-32)31-26(34)20-7-8-22-23(15-20)28(36)33(27(22)35)17-18-4-2-1-3-5-18/h1-9,14-15,21H,10-13,16-17H2,(H,31,34). The molecule has 0 saturated carbocycles. The van der Waals surface area contributed by atoms with Crippen molar-refractivity contribution < 1.29 is 23.2 Å². The van der Waals surface area contributed by atoms with E-state index in [0.29, 0.717) is 49.2 Å². The number of hydrogen-bond acceptors (Lipinski definition) is 4. The average Bonchev–Trinajstić information content (AvgIpc) is 3.12. The third-order valence-corrected chi connectivity index (χ3v) is 6.73. The predicted molar refractivity (Wildman–Crippen MR) is 129 cm³/mol. The molecule has 0 spiro atoms. The van der Waals surface area contributed by atoms with Crippen molar-refractivity contribution >= 4 is 17.7 Å². The van der Waals surface area contributed by atoms with Crippen LogP contribution in [0.15, 0.2) is 66.7 Å². The lowest BCUT2D eigenvalue weighted by atomic mass is 10.0. The van der Waals surface area contributed by atoms with Crippen LogP contribution in [0, 0.1) is 11.6 Å². The molecule has 3 amide bonds. The molecular weight excluding hydrogens is 464 g/mol. The lowest BCUT2D eigenvalue weighted by molar-refractivity contribution is 0.0642. The summed E-state index contributed by atoms with van der Waals surface area (Å²) in [5, 5.41) is 3.02. The van der Waals surface area contributed by atoms with E-state index in [2.05, 4.69) is 10.2 Å². The number of amides is 3. The Morgan fingerprint density at radius 1 is 0.806 bits per heavy atom. The Hall–Kier alpha value is -3.91. The molecule has 0 atom stereocenters. The van der Waals surface area contributed by atoms with Crippen molar-refractivity contribution in [2.45, 2.75) is 32.0 Å². The summed E-state index contributed by atoms with van der Waals surface area (Å²) in [5.74, 6) is -2.77. The highest BCUT2D eigenvalue weighted by molar-refractivity contribution is 6.22. The zero-order valence-electron chi connectivity index (χ0n) is 19.5. The lowest BCUT2D eigenvalue weighted by Gasteiger charge is -2.32. The highest BCUT2D eigenvalue weighted by atomic mass is 19.2. The van der Waals surface area contributed by atoms with Crippen LogP contribution in [0.3, 0.4) is 0 Å². The van der Waals surface area contributed by atoms with Crippen molar-refractivity contribution in [2.75, 3.05) is 13.1 Å². The quantitative estimate of drug-likeness (QED) is 0.528. The summed E-state index contributed by atoms with van der Waals surface area (Å²) >= 11 is 0. The van der Waals surface area contributed by atoms with Crippen LogP contribution in [0.25, 0.3) is 0 Å². The van der Waals surface area contributed by atoms with Crippen molar-refractivity contribution in [2.24, 2.45) is 0 Å². The van der Waals surface area contributed by atoms with Crippen LogP contribution in [-0.2, 0) is 13.1 Å². The van der Waals surface area contributed by atoms with Gasteiger partial charge in [0.1, 0.15) is 0 Å². The van der Waals surface area contributed by atoms with Gasteiger partial charge >= 0.3 is 0 Å². The molecule has 3 aromatic carbocycles. The van der Waals surface area contributed by atoms with E-state index in [1.807, 2.05) is 30.3 Å². The van der Waals surface area contributed by atoms with Gasteiger partial charge in [-0.3, -0.25) is 24.2 Å². The zero-order valence-corrected chi connectivity index (χ0v) is 19.5. The third kappa shape index (κ3) is 4.90. The monoisotopic (exact) mass is 489 g/mol. The molecule has 3 aromatic rings. The van der Waals surface area contributed by atoms with Crippen LogP contribution in [0.5, 0.6) is 0 Å². The van der Waals surface area contributed by atoms with E-state index in [9.17, 15) is 23.2 Å². The van der Waals surface area contributed by atoms with Crippen molar-refractivity contribution in [1.82, 2.24) is 15.1 Å². The number of benzene rings is 3. The lowest BCUT2D eigenvalue weighted by Crippen LogP contribution is -2.44. The molecule has 5 rings (SSSR count). The summed E-state index contributed by atoms with van der Waals surface area (Å²) in [5.41, 5.74) is 2.43. The van der Waals surface area contributed by atoms with Crippen LogP contribution < -0.4 is 5.32 Å². The van der Waals surface area contributed by atoms with Gasteiger partial charge in [0.05, 0.1) is 17.7 Å². The first-order valence-electron chi connectivity index (χ1n) is 11.9. The van der Waals surface area contributed by atoms with Crippen molar-refractivity contribution in [3.8, 4) is 0 Å². The molecule has 0 radical (unpaired) electrons. The average molecular weight is 490 g/mol. The molecule has 2 aliphatic rings. The Kier molecular flexibility index (Phi) is 6.61. The van der Waals surface area contributed by atoms with E-state index in [-0.39, 0.29) is 30.0 Å². The maximum atomic E-state index is 13.5. The maximum Gasteiger partial charge on any atom is 0.261 e. The first-order valence-corrected chi connectivity index (χ1v) is 11.9. The molecule has 1 saturated heterocycles. The summed E-state index contributed by atoms with van der Waals surface area (Å²) in [6.07, 6.45) is 1.42. The van der Waals surface area contributed by atoms with Gasteiger partial charge in [0.15, 0.2) is 11.6 Å². The smallest absolute Gasteiger partial charge is 0.261 e. The number of rotatable bonds is 6. The van der Waals surface area contributed by atoms with Gasteiger partial charge in [-0.25, -0.2) is 8.78 Å².